The Morgan fingerprint density at radius 3 is 2.28 bits per heavy atom. The number of nitrogens with zero attached hydrogens (tertiary/aromatic N) is 3. The van der Waals surface area contributed by atoms with Crippen LogP contribution in [-0.4, -0.2) is 101 Å². The molecule has 3 N–H and O–H groups in total. The molecule has 1 aromatic rings. The second kappa shape index (κ2) is 21.1. The largest absolute Gasteiger partial charge is 0.390 e. The molecule has 1 saturated heterocycles. The zero-order valence-corrected chi connectivity index (χ0v) is 29.2. The Morgan fingerprint density at radius 1 is 0.936 bits per heavy atom. The van der Waals surface area contributed by atoms with E-state index < -0.39 is 24.2 Å². The lowest BCUT2D eigenvalue weighted by molar-refractivity contribution is -0.136. The van der Waals surface area contributed by atoms with Gasteiger partial charge in [0, 0.05) is 52.5 Å². The maximum Gasteiger partial charge on any atom is 0.296 e. The van der Waals surface area contributed by atoms with Gasteiger partial charge < -0.3 is 30.2 Å². The number of hydrogen-bond acceptors (Lipinski definition) is 6. The summed E-state index contributed by atoms with van der Waals surface area (Å²) >= 11 is 0. The molecular formula is C38H60N4O5. The molecule has 0 radical (unpaired) electrons. The van der Waals surface area contributed by atoms with Crippen LogP contribution in [0.2, 0.25) is 0 Å². The second-order valence-corrected chi connectivity index (χ2v) is 14.1. The lowest BCUT2D eigenvalue weighted by Crippen LogP contribution is -2.49. The number of benzene rings is 1. The number of carbonyl (C=O) groups excluding carboxylic acids is 3. The Kier molecular flexibility index (Phi) is 17.3. The third kappa shape index (κ3) is 14.8. The average Bonchev–Trinajstić information content (AvgIpc) is 3.07. The van der Waals surface area contributed by atoms with Gasteiger partial charge in [-0.1, -0.05) is 88.6 Å². The third-order valence-electron chi connectivity index (χ3n) is 9.60. The summed E-state index contributed by atoms with van der Waals surface area (Å²) in [6, 6.07) is 9.14. The molecule has 1 aromatic carbocycles. The molecule has 9 heteroatoms. The Bertz CT molecular complexity index is 1140. The first-order valence-corrected chi connectivity index (χ1v) is 18.1. The van der Waals surface area contributed by atoms with Crippen LogP contribution < -0.4 is 5.32 Å². The van der Waals surface area contributed by atoms with E-state index in [0.717, 1.165) is 50.9 Å². The van der Waals surface area contributed by atoms with Gasteiger partial charge in [-0.3, -0.25) is 14.4 Å². The molecule has 1 saturated carbocycles. The van der Waals surface area contributed by atoms with Crippen LogP contribution in [0.1, 0.15) is 103 Å². The Morgan fingerprint density at radius 2 is 1.60 bits per heavy atom. The highest BCUT2D eigenvalue weighted by Gasteiger charge is 2.30. The first kappa shape index (κ1) is 38.5. The zero-order chi connectivity index (χ0) is 34.0. The smallest absolute Gasteiger partial charge is 0.296 e. The van der Waals surface area contributed by atoms with Crippen molar-refractivity contribution in [3.05, 3.63) is 35.9 Å². The van der Waals surface area contributed by atoms with Crippen LogP contribution in [0.15, 0.2) is 30.3 Å². The number of nitrogens with one attached hydrogen (secondary N) is 1. The molecular weight excluding hydrogens is 592 g/mol. The fraction of sp³-hybridized carbons (Fsp3) is 0.711. The number of rotatable bonds is 17. The summed E-state index contributed by atoms with van der Waals surface area (Å²) in [5.41, 5.74) is 0.982. The maximum atomic E-state index is 13.3. The molecule has 2 fully saturated rings. The summed E-state index contributed by atoms with van der Waals surface area (Å²) < 4.78 is 0. The topological polar surface area (TPSA) is 113 Å². The summed E-state index contributed by atoms with van der Waals surface area (Å²) in [5, 5.41) is 24.5. The molecule has 9 nitrogen and oxygen atoms in total. The number of amides is 3. The quantitative estimate of drug-likeness (QED) is 0.216. The standard InChI is InChI=1S/C38H60N4O5/c1-30(2)27-34(43)38(47)33(28-31-15-7-4-8-16-31)39-35(44)19-11-14-24-42(29-32-17-9-5-10-18-32)37(46)21-20-36(45)40(3)25-26-41-22-12-6-13-23-41/h5,9-10,17-18,30-31,33-34,38,43,47H,4,6-8,12-16,20-29H2,1-3H3,(H,39,44)/t33-,34+,38-/m1/s1. The van der Waals surface area contributed by atoms with E-state index in [1.165, 1.54) is 25.7 Å². The van der Waals surface area contributed by atoms with Crippen LogP contribution in [0.25, 0.3) is 0 Å². The van der Waals surface area contributed by atoms with Crippen molar-refractivity contribution in [2.24, 2.45) is 11.8 Å². The van der Waals surface area contributed by atoms with Gasteiger partial charge in [0.25, 0.3) is 5.91 Å². The van der Waals surface area contributed by atoms with Crippen molar-refractivity contribution in [2.75, 3.05) is 39.8 Å². The molecule has 0 bridgehead atoms. The monoisotopic (exact) mass is 652 g/mol. The Hall–Kier alpha value is -2.93. The molecule has 1 heterocycles. The van der Waals surface area contributed by atoms with Gasteiger partial charge in [0.2, 0.25) is 11.8 Å². The van der Waals surface area contributed by atoms with Gasteiger partial charge in [0.15, 0.2) is 0 Å². The fourth-order valence-electron chi connectivity index (χ4n) is 6.75. The molecule has 3 amide bonds. The predicted molar refractivity (Wildman–Crippen MR) is 186 cm³/mol. The highest BCUT2D eigenvalue weighted by Crippen LogP contribution is 2.29. The van der Waals surface area contributed by atoms with Crippen molar-refractivity contribution < 1.29 is 24.6 Å². The first-order valence-electron chi connectivity index (χ1n) is 18.1. The van der Waals surface area contributed by atoms with Gasteiger partial charge in [-0.05, 0) is 62.1 Å². The van der Waals surface area contributed by atoms with E-state index in [1.54, 1.807) is 9.80 Å². The molecule has 0 spiro atoms. The van der Waals surface area contributed by atoms with Crippen molar-refractivity contribution in [1.29, 1.82) is 0 Å². The zero-order valence-electron chi connectivity index (χ0n) is 29.2. The lowest BCUT2D eigenvalue weighted by Gasteiger charge is -2.32. The molecule has 2 aliphatic rings. The van der Waals surface area contributed by atoms with Gasteiger partial charge in [0.05, 0.1) is 12.1 Å². The molecule has 1 aliphatic heterocycles. The van der Waals surface area contributed by atoms with E-state index >= 15 is 0 Å². The van der Waals surface area contributed by atoms with E-state index in [4.69, 9.17) is 0 Å². The Balaban J connectivity index is 1.54. The van der Waals surface area contributed by atoms with Crippen molar-refractivity contribution in [3.63, 3.8) is 0 Å². The van der Waals surface area contributed by atoms with Gasteiger partial charge >= 0.3 is 0 Å². The van der Waals surface area contributed by atoms with E-state index in [1.807, 2.05) is 51.2 Å². The van der Waals surface area contributed by atoms with E-state index in [-0.39, 0.29) is 30.6 Å². The van der Waals surface area contributed by atoms with E-state index in [0.29, 0.717) is 44.8 Å². The molecule has 1 aliphatic carbocycles. The van der Waals surface area contributed by atoms with Crippen LogP contribution >= 0.6 is 0 Å². The third-order valence-corrected chi connectivity index (χ3v) is 9.60. The minimum Gasteiger partial charge on any atom is -0.390 e. The van der Waals surface area contributed by atoms with Gasteiger partial charge in [-0.25, -0.2) is 0 Å². The molecule has 3 rings (SSSR count). The average molecular weight is 653 g/mol. The van der Waals surface area contributed by atoms with Crippen molar-refractivity contribution in [3.8, 4) is 11.8 Å². The second-order valence-electron chi connectivity index (χ2n) is 14.1. The molecule has 262 valence electrons. The van der Waals surface area contributed by atoms with Gasteiger partial charge in [0.1, 0.15) is 6.10 Å². The first-order chi connectivity index (χ1) is 22.6. The lowest BCUT2D eigenvalue weighted by atomic mass is 9.82. The van der Waals surface area contributed by atoms with E-state index in [9.17, 15) is 24.6 Å². The molecule has 0 unspecified atom stereocenters. The predicted octanol–water partition coefficient (Wildman–Crippen LogP) is 4.36. The minimum absolute atomic E-state index is 0.0324. The molecule has 3 atom stereocenters. The summed E-state index contributed by atoms with van der Waals surface area (Å²) in [6.45, 7) is 8.41. The fourth-order valence-corrected chi connectivity index (χ4v) is 6.75. The normalized spacial score (nSPS) is 17.7. The summed E-state index contributed by atoms with van der Waals surface area (Å²) in [6.07, 6.45) is 9.01. The van der Waals surface area contributed by atoms with Crippen LogP contribution in [0, 0.1) is 23.7 Å². The van der Waals surface area contributed by atoms with Gasteiger partial charge in [-0.2, -0.15) is 0 Å². The number of piperidine rings is 1. The van der Waals surface area contributed by atoms with Crippen molar-refractivity contribution in [1.82, 2.24) is 20.0 Å². The maximum absolute atomic E-state index is 13.3. The summed E-state index contributed by atoms with van der Waals surface area (Å²) in [4.78, 5) is 44.9. The number of hydrogen-bond donors (Lipinski definition) is 3. The summed E-state index contributed by atoms with van der Waals surface area (Å²) in [5.74, 6) is 5.56. The highest BCUT2D eigenvalue weighted by molar-refractivity contribution is 5.93. The number of carbonyl (C=O) groups is 3. The van der Waals surface area contributed by atoms with Crippen LogP contribution in [0.3, 0.4) is 0 Å². The van der Waals surface area contributed by atoms with Crippen LogP contribution in [0.5, 0.6) is 0 Å². The number of aliphatic hydroxyl groups excluding tert-OH is 2. The SMILES string of the molecule is CC(C)C[C@H](O)[C@H](O)[C@@H](CC1CCCCC1)NC(=O)C#CCCN(Cc1ccccc1)C(=O)CCC(=O)N(C)CCN1CCCCC1. The van der Waals surface area contributed by atoms with E-state index in [2.05, 4.69) is 22.1 Å². The van der Waals surface area contributed by atoms with Crippen LogP contribution in [0.4, 0.5) is 0 Å². The minimum atomic E-state index is -1.06. The summed E-state index contributed by atoms with van der Waals surface area (Å²) in [7, 11) is 1.81. The highest BCUT2D eigenvalue weighted by atomic mass is 16.3. The van der Waals surface area contributed by atoms with Crippen molar-refractivity contribution in [2.45, 2.75) is 122 Å². The Labute approximate surface area is 283 Å². The number of likely N-dealkylation sites (tertiary alicyclic amines) is 1. The van der Waals surface area contributed by atoms with Crippen LogP contribution in [-0.2, 0) is 20.9 Å². The number of aliphatic hydroxyl groups is 2. The molecule has 47 heavy (non-hydrogen) atoms. The molecule has 0 aromatic heterocycles. The van der Waals surface area contributed by atoms with Crippen molar-refractivity contribution >= 4 is 17.7 Å². The number of likely N-dealkylation sites (N-methyl/N-ethyl adjacent to an activating group) is 1. The van der Waals surface area contributed by atoms with Gasteiger partial charge in [-0.15, -0.1) is 0 Å².